The van der Waals surface area contributed by atoms with E-state index in [0.717, 1.165) is 0 Å². The third kappa shape index (κ3) is 13.0. The molecule has 3 heteroatoms. The minimum absolute atomic E-state index is 0.170. The first-order valence-corrected chi connectivity index (χ1v) is 18.3. The Hall–Kier alpha value is 1.04. The second kappa shape index (κ2) is 13.0. The molecule has 0 spiro atoms. The van der Waals surface area contributed by atoms with E-state index in [1.807, 2.05) is 60.7 Å². The van der Waals surface area contributed by atoms with Crippen LogP contribution in [0.5, 0.6) is 0 Å². The van der Waals surface area contributed by atoms with Crippen molar-refractivity contribution in [2.45, 2.75) is 0 Å². The molecule has 13 heavy (non-hydrogen) atoms. The van der Waals surface area contributed by atoms with Crippen LogP contribution < -0.4 is 0 Å². The molecule has 0 aromatic heterocycles. The Kier molecular flexibility index (Phi) is 14.1. The first kappa shape index (κ1) is 14.0. The fraction of sp³-hybridized carbons (Fsp3) is 0. The summed E-state index contributed by atoms with van der Waals surface area (Å²) in [5.74, 6) is 0. The molecule has 2 rings (SSSR count). The van der Waals surface area contributed by atoms with Crippen LogP contribution in [-0.4, -0.2) is 0 Å². The van der Waals surface area contributed by atoms with E-state index >= 15 is 0 Å². The normalized spacial score (nSPS) is 6.92. The Morgan fingerprint density at radius 3 is 1.00 bits per heavy atom. The molecule has 0 heterocycles. The smallest absolute Gasteiger partial charge is 0.172 e. The van der Waals surface area contributed by atoms with Gasteiger partial charge in [0.15, 0.2) is 0 Å². The number of halogens is 2. The molecule has 0 saturated heterocycles. The Balaban J connectivity index is 0.000000174. The van der Waals surface area contributed by atoms with Crippen molar-refractivity contribution in [1.29, 1.82) is 0 Å². The van der Waals surface area contributed by atoms with Gasteiger partial charge in [-0.2, -0.15) is 36.4 Å². The van der Waals surface area contributed by atoms with E-state index in [-0.39, 0.29) is 14.9 Å². The number of rotatable bonds is 0. The number of hydrogen-bond donors (Lipinski definition) is 0. The molecule has 0 atom stereocenters. The van der Waals surface area contributed by atoms with Gasteiger partial charge in [-0.3, -0.25) is 0 Å². The summed E-state index contributed by atoms with van der Waals surface area (Å²) in [5.41, 5.74) is 0. The standard InChI is InChI=1S/2C5H5.2HI.Zr/c2*1-2-4-5-3-1;;;/h2*1-5H;2*1H;/q2*-1;;;+4/p-2. The van der Waals surface area contributed by atoms with Crippen LogP contribution in [0.4, 0.5) is 0 Å². The van der Waals surface area contributed by atoms with Gasteiger partial charge in [-0.15, -0.1) is 0 Å². The maximum absolute atomic E-state index is 2.45. The Morgan fingerprint density at radius 2 is 0.923 bits per heavy atom. The monoisotopic (exact) mass is 474 g/mol. The van der Waals surface area contributed by atoms with Gasteiger partial charge < -0.3 is 0 Å². The Morgan fingerprint density at radius 1 is 0.692 bits per heavy atom. The van der Waals surface area contributed by atoms with Crippen molar-refractivity contribution in [2.24, 2.45) is 0 Å². The quantitative estimate of drug-likeness (QED) is 0.387. The predicted octanol–water partition coefficient (Wildman–Crippen LogP) is 4.58. The Bertz CT molecular complexity index is 165. The minimum atomic E-state index is 0.170. The molecule has 0 radical (unpaired) electrons. The van der Waals surface area contributed by atoms with Gasteiger partial charge >= 0.3 is 50.9 Å². The van der Waals surface area contributed by atoms with Crippen molar-refractivity contribution >= 4 is 36.1 Å². The summed E-state index contributed by atoms with van der Waals surface area (Å²) in [6.07, 6.45) is 0. The van der Waals surface area contributed by atoms with Crippen molar-refractivity contribution in [3.05, 3.63) is 60.7 Å². The van der Waals surface area contributed by atoms with Crippen molar-refractivity contribution in [3.63, 3.8) is 0 Å². The number of hydrogen-bond acceptors (Lipinski definition) is 0. The van der Waals surface area contributed by atoms with E-state index < -0.39 is 0 Å². The molecular formula is C10H10I2Zr. The van der Waals surface area contributed by atoms with Gasteiger partial charge in [0.2, 0.25) is 0 Å². The molecule has 0 aliphatic heterocycles. The minimum Gasteiger partial charge on any atom is -0.214 e. The van der Waals surface area contributed by atoms with Crippen molar-refractivity contribution in [1.82, 2.24) is 0 Å². The van der Waals surface area contributed by atoms with Crippen LogP contribution in [0, 0.1) is 0 Å². The van der Waals surface area contributed by atoms with Crippen LogP contribution in [0.1, 0.15) is 0 Å². The summed E-state index contributed by atoms with van der Waals surface area (Å²) in [4.78, 5) is 0. The van der Waals surface area contributed by atoms with Gasteiger partial charge in [-0.1, -0.05) is 0 Å². The third-order valence-electron chi connectivity index (χ3n) is 1.11. The van der Waals surface area contributed by atoms with Gasteiger partial charge in [0.25, 0.3) is 0 Å². The maximum Gasteiger partial charge on any atom is -0.172 e. The van der Waals surface area contributed by atoms with E-state index in [1.165, 1.54) is 0 Å². The van der Waals surface area contributed by atoms with Crippen LogP contribution >= 0.6 is 36.1 Å². The summed E-state index contributed by atoms with van der Waals surface area (Å²) >= 11 is 5.06. The second-order valence-corrected chi connectivity index (χ2v) is 20.9. The van der Waals surface area contributed by atoms with Crippen LogP contribution in [-0.2, 0) is 14.9 Å². The fourth-order valence-electron chi connectivity index (χ4n) is 0.642. The first-order chi connectivity index (χ1) is 6.41. The van der Waals surface area contributed by atoms with Crippen molar-refractivity contribution in [3.8, 4) is 0 Å². The maximum atomic E-state index is 2.45. The largest absolute Gasteiger partial charge is 0.214 e. The van der Waals surface area contributed by atoms with Crippen LogP contribution in [0.15, 0.2) is 60.7 Å². The molecule has 0 amide bonds. The van der Waals surface area contributed by atoms with Gasteiger partial charge in [0.1, 0.15) is 0 Å². The Labute approximate surface area is 110 Å². The molecule has 0 saturated carbocycles. The van der Waals surface area contributed by atoms with E-state index in [1.54, 1.807) is 0 Å². The molecule has 2 aromatic carbocycles. The molecule has 0 aliphatic carbocycles. The molecule has 2 aromatic rings. The van der Waals surface area contributed by atoms with Gasteiger partial charge in [0, 0.05) is 0 Å². The molecule has 0 N–H and O–H groups in total. The summed E-state index contributed by atoms with van der Waals surface area (Å²) < 4.78 is 0. The zero-order valence-corrected chi connectivity index (χ0v) is 13.8. The summed E-state index contributed by atoms with van der Waals surface area (Å²) in [6, 6.07) is 20.0. The van der Waals surface area contributed by atoms with Crippen LogP contribution in [0.2, 0.25) is 0 Å². The molecular weight excluding hydrogens is 465 g/mol. The average molecular weight is 475 g/mol. The molecule has 0 fully saturated rings. The fourth-order valence-corrected chi connectivity index (χ4v) is 0.642. The van der Waals surface area contributed by atoms with E-state index in [2.05, 4.69) is 36.1 Å². The second-order valence-electron chi connectivity index (χ2n) is 2.00. The molecule has 0 aliphatic rings. The van der Waals surface area contributed by atoms with E-state index in [4.69, 9.17) is 0 Å². The average Bonchev–Trinajstić information content (AvgIpc) is 2.85. The van der Waals surface area contributed by atoms with E-state index in [9.17, 15) is 0 Å². The molecule has 0 unspecified atom stereocenters. The van der Waals surface area contributed by atoms with Crippen LogP contribution in [0.3, 0.4) is 0 Å². The van der Waals surface area contributed by atoms with Gasteiger partial charge in [-0.25, -0.2) is 24.3 Å². The summed E-state index contributed by atoms with van der Waals surface area (Å²) in [7, 11) is 0. The predicted molar refractivity (Wildman–Crippen MR) is 72.1 cm³/mol. The zero-order valence-electron chi connectivity index (χ0n) is 7.03. The summed E-state index contributed by atoms with van der Waals surface area (Å²) in [5, 5.41) is 0. The topological polar surface area (TPSA) is 0 Å². The molecule has 0 bridgehead atoms. The summed E-state index contributed by atoms with van der Waals surface area (Å²) in [6.45, 7) is 0. The van der Waals surface area contributed by atoms with E-state index in [0.29, 0.717) is 0 Å². The van der Waals surface area contributed by atoms with Gasteiger partial charge in [-0.05, 0) is 0 Å². The molecule has 68 valence electrons. The zero-order chi connectivity index (χ0) is 9.78. The van der Waals surface area contributed by atoms with Crippen molar-refractivity contribution in [2.75, 3.05) is 0 Å². The van der Waals surface area contributed by atoms with Crippen molar-refractivity contribution < 1.29 is 14.9 Å². The first-order valence-electron chi connectivity index (χ1n) is 3.71. The van der Waals surface area contributed by atoms with Gasteiger partial charge in [0.05, 0.1) is 0 Å². The SMILES string of the molecule is [I][Zr+2][I].c1cc[cH-]c1.c1cc[cH-]c1. The van der Waals surface area contributed by atoms with Crippen LogP contribution in [0.25, 0.3) is 0 Å². The molecule has 0 nitrogen and oxygen atoms in total. The third-order valence-corrected chi connectivity index (χ3v) is 1.11.